The first-order chi connectivity index (χ1) is 17.2. The van der Waals surface area contributed by atoms with Gasteiger partial charge in [-0.1, -0.05) is 84.6 Å². The number of rotatable bonds is 4. The highest BCUT2D eigenvalue weighted by Gasteiger charge is 2.39. The number of hydrogen-bond acceptors (Lipinski definition) is 5. The Kier molecular flexibility index (Phi) is 5.84. The molecule has 0 radical (unpaired) electrons. The van der Waals surface area contributed by atoms with Gasteiger partial charge in [0.2, 0.25) is 0 Å². The van der Waals surface area contributed by atoms with E-state index in [1.54, 1.807) is 11.8 Å². The van der Waals surface area contributed by atoms with Crippen LogP contribution in [0.3, 0.4) is 0 Å². The average molecular weight is 494 g/mol. The van der Waals surface area contributed by atoms with E-state index in [1.807, 2.05) is 53.4 Å². The highest BCUT2D eigenvalue weighted by Crippen LogP contribution is 2.50. The maximum Gasteiger partial charge on any atom is 0.269 e. The van der Waals surface area contributed by atoms with E-state index in [2.05, 4.69) is 60.4 Å². The van der Waals surface area contributed by atoms with E-state index in [0.717, 1.165) is 38.8 Å². The van der Waals surface area contributed by atoms with E-state index in [9.17, 15) is 4.79 Å². The first kappa shape index (κ1) is 22.0. The van der Waals surface area contributed by atoms with E-state index < -0.39 is 0 Å². The Morgan fingerprint density at radius 3 is 2.34 bits per heavy atom. The van der Waals surface area contributed by atoms with Crippen LogP contribution in [0.25, 0.3) is 10.8 Å². The molecule has 6 heteroatoms. The Morgan fingerprint density at radius 1 is 0.771 bits per heavy atom. The molecule has 6 rings (SSSR count). The van der Waals surface area contributed by atoms with Gasteiger partial charge in [-0.05, 0) is 59.3 Å². The second-order valence-corrected chi connectivity index (χ2v) is 10.4. The van der Waals surface area contributed by atoms with Crippen molar-refractivity contribution in [1.29, 1.82) is 0 Å². The van der Waals surface area contributed by atoms with Gasteiger partial charge in [-0.15, -0.1) is 0 Å². The molecule has 0 spiro atoms. The van der Waals surface area contributed by atoms with Crippen LogP contribution in [0.1, 0.15) is 12.5 Å². The predicted octanol–water partition coefficient (Wildman–Crippen LogP) is 7.40. The van der Waals surface area contributed by atoms with Crippen LogP contribution in [0.4, 0.5) is 11.4 Å². The summed E-state index contributed by atoms with van der Waals surface area (Å²) in [5.74, 6) is 0.00662. The molecule has 0 N–H and O–H groups in total. The number of carbonyl (C=O) groups excluding carboxylic acids is 1. The van der Waals surface area contributed by atoms with Crippen molar-refractivity contribution in [3.63, 3.8) is 0 Å². The van der Waals surface area contributed by atoms with Gasteiger partial charge in [0.05, 0.1) is 17.9 Å². The van der Waals surface area contributed by atoms with E-state index in [4.69, 9.17) is 4.99 Å². The summed E-state index contributed by atoms with van der Waals surface area (Å²) in [6.07, 6.45) is 0. The molecule has 2 aliphatic rings. The Balaban J connectivity index is 1.43. The largest absolute Gasteiger partial charge is 0.334 e. The van der Waals surface area contributed by atoms with E-state index in [0.29, 0.717) is 11.7 Å². The second kappa shape index (κ2) is 9.29. The van der Waals surface area contributed by atoms with Crippen LogP contribution in [-0.4, -0.2) is 22.5 Å². The molecule has 1 amide bonds. The summed E-state index contributed by atoms with van der Waals surface area (Å²) in [5.41, 5.74) is 3.08. The van der Waals surface area contributed by atoms with Gasteiger partial charge < -0.3 is 4.90 Å². The van der Waals surface area contributed by atoms with Gasteiger partial charge >= 0.3 is 0 Å². The average Bonchev–Trinajstić information content (AvgIpc) is 3.42. The van der Waals surface area contributed by atoms with Crippen molar-refractivity contribution >= 4 is 56.7 Å². The summed E-state index contributed by atoms with van der Waals surface area (Å²) >= 11 is 3.15. The number of thioether (sulfide) groups is 2. The number of benzene rings is 4. The van der Waals surface area contributed by atoms with Gasteiger partial charge in [-0.25, -0.2) is 4.99 Å². The number of para-hydroxylation sites is 1. The Hall–Kier alpha value is -3.48. The summed E-state index contributed by atoms with van der Waals surface area (Å²) < 4.78 is 0. The van der Waals surface area contributed by atoms with Gasteiger partial charge in [0.25, 0.3) is 5.91 Å². The number of anilines is 1. The Morgan fingerprint density at radius 2 is 1.51 bits per heavy atom. The van der Waals surface area contributed by atoms with E-state index in [-0.39, 0.29) is 5.91 Å². The van der Waals surface area contributed by atoms with Gasteiger partial charge in [0, 0.05) is 11.4 Å². The lowest BCUT2D eigenvalue weighted by molar-refractivity contribution is -0.122. The molecule has 35 heavy (non-hydrogen) atoms. The molecule has 2 heterocycles. The summed E-state index contributed by atoms with van der Waals surface area (Å²) in [4.78, 5) is 24.8. The minimum Gasteiger partial charge on any atom is -0.334 e. The molecule has 0 unspecified atom stereocenters. The summed E-state index contributed by atoms with van der Waals surface area (Å²) in [6, 6.07) is 32.9. The number of hydrogen-bond donors (Lipinski definition) is 0. The topological polar surface area (TPSA) is 35.9 Å². The fourth-order valence-corrected chi connectivity index (χ4v) is 6.79. The summed E-state index contributed by atoms with van der Waals surface area (Å²) in [7, 11) is 0. The van der Waals surface area contributed by atoms with Gasteiger partial charge in [0.15, 0.2) is 5.17 Å². The molecule has 0 bridgehead atoms. The smallest absolute Gasteiger partial charge is 0.269 e. The Bertz CT molecular complexity index is 1500. The molecule has 2 aliphatic heterocycles. The normalized spacial score (nSPS) is 18.7. The lowest BCUT2D eigenvalue weighted by atomic mass is 10.1. The number of amides is 1. The fourth-order valence-electron chi connectivity index (χ4n) is 4.40. The highest BCUT2D eigenvalue weighted by atomic mass is 32.2. The fraction of sp³-hybridized carbons (Fsp3) is 0.103. The van der Waals surface area contributed by atoms with Crippen molar-refractivity contribution in [3.8, 4) is 0 Å². The van der Waals surface area contributed by atoms with Crippen molar-refractivity contribution in [2.24, 2.45) is 4.99 Å². The lowest BCUT2D eigenvalue weighted by Gasteiger charge is -2.19. The van der Waals surface area contributed by atoms with E-state index >= 15 is 0 Å². The van der Waals surface area contributed by atoms with Crippen LogP contribution in [0.2, 0.25) is 0 Å². The van der Waals surface area contributed by atoms with Crippen molar-refractivity contribution in [2.75, 3.05) is 11.4 Å². The number of aliphatic imine (C=N–C) groups is 1. The molecule has 0 aliphatic carbocycles. The summed E-state index contributed by atoms with van der Waals surface area (Å²) in [6.45, 7) is 3.41. The van der Waals surface area contributed by atoms with Crippen molar-refractivity contribution in [3.05, 3.63) is 113 Å². The highest BCUT2D eigenvalue weighted by molar-refractivity contribution is 8.19. The molecular weight excluding hydrogens is 470 g/mol. The van der Waals surface area contributed by atoms with Crippen molar-refractivity contribution in [1.82, 2.24) is 4.90 Å². The number of amidine groups is 1. The van der Waals surface area contributed by atoms with Crippen molar-refractivity contribution in [2.45, 2.75) is 18.4 Å². The molecule has 4 aromatic rings. The Labute approximate surface area is 213 Å². The second-order valence-electron chi connectivity index (χ2n) is 8.35. The quantitative estimate of drug-likeness (QED) is 0.277. The van der Waals surface area contributed by atoms with Crippen LogP contribution >= 0.6 is 23.5 Å². The monoisotopic (exact) mass is 493 g/mol. The van der Waals surface area contributed by atoms with E-state index in [1.165, 1.54) is 22.0 Å². The summed E-state index contributed by atoms with van der Waals surface area (Å²) in [5, 5.41) is 4.01. The minimum absolute atomic E-state index is 0.00662. The number of carbonyl (C=O) groups is 1. The molecular formula is C29H23N3OS2. The van der Waals surface area contributed by atoms with Crippen LogP contribution in [-0.2, 0) is 11.3 Å². The van der Waals surface area contributed by atoms with Gasteiger partial charge in [0.1, 0.15) is 9.93 Å². The van der Waals surface area contributed by atoms with Crippen LogP contribution in [0.5, 0.6) is 0 Å². The first-order valence-corrected chi connectivity index (χ1v) is 13.2. The minimum atomic E-state index is 0.00662. The molecule has 0 saturated carbocycles. The zero-order valence-corrected chi connectivity index (χ0v) is 20.9. The lowest BCUT2D eigenvalue weighted by Crippen LogP contribution is -2.29. The predicted molar refractivity (Wildman–Crippen MR) is 148 cm³/mol. The molecule has 1 fully saturated rings. The van der Waals surface area contributed by atoms with Crippen LogP contribution in [0.15, 0.2) is 117 Å². The third-order valence-corrected chi connectivity index (χ3v) is 8.50. The van der Waals surface area contributed by atoms with Crippen molar-refractivity contribution < 1.29 is 4.79 Å². The molecule has 4 nitrogen and oxygen atoms in total. The number of nitrogens with zero attached hydrogens (tertiary/aromatic N) is 3. The van der Waals surface area contributed by atoms with Gasteiger partial charge in [-0.2, -0.15) is 0 Å². The zero-order valence-electron chi connectivity index (χ0n) is 19.2. The first-order valence-electron chi connectivity index (χ1n) is 11.6. The maximum absolute atomic E-state index is 13.8. The molecule has 1 saturated heterocycles. The third-order valence-electron chi connectivity index (χ3n) is 6.12. The zero-order chi connectivity index (χ0) is 23.8. The molecule has 0 aromatic heterocycles. The van der Waals surface area contributed by atoms with Crippen LogP contribution in [0, 0.1) is 0 Å². The SMILES string of the molecule is CCN1/C(=C2/SC(=Nc3ccc4ccccc4c3)N(Cc3ccccc3)C2=O)Sc2ccccc21. The standard InChI is InChI=1S/C29H23N3OS2/c1-2-31-24-14-8-9-15-25(24)34-28(31)26-27(33)32(19-20-10-4-3-5-11-20)29(35-26)30-23-17-16-21-12-6-7-13-22(21)18-23/h3-18H,2,19H2,1H3/b28-26-,30-29?. The molecule has 4 aromatic carbocycles. The van der Waals surface area contributed by atoms with Gasteiger partial charge in [-0.3, -0.25) is 9.69 Å². The maximum atomic E-state index is 13.8. The third kappa shape index (κ3) is 4.13. The molecule has 172 valence electrons. The molecule has 0 atom stereocenters. The number of fused-ring (bicyclic) bond motifs is 2. The van der Waals surface area contributed by atoms with Crippen LogP contribution < -0.4 is 4.90 Å².